The van der Waals surface area contributed by atoms with Gasteiger partial charge in [-0.25, -0.2) is 0 Å². The quantitative estimate of drug-likeness (QED) is 0.633. The highest BCUT2D eigenvalue weighted by atomic mass is 127. The fourth-order valence-electron chi connectivity index (χ4n) is 1.70. The van der Waals surface area contributed by atoms with Crippen molar-refractivity contribution in [1.29, 1.82) is 0 Å². The molecule has 4 heteroatoms. The number of halogens is 1. The van der Waals surface area contributed by atoms with Gasteiger partial charge in [-0.1, -0.05) is 6.07 Å². The second-order valence-electron chi connectivity index (χ2n) is 3.45. The van der Waals surface area contributed by atoms with Crippen LogP contribution in [-0.2, 0) is 4.79 Å². The molecule has 1 atom stereocenters. The van der Waals surface area contributed by atoms with Crippen LogP contribution in [0.25, 0.3) is 0 Å². The number of hydrogen-bond acceptors (Lipinski definition) is 2. The van der Waals surface area contributed by atoms with Crippen LogP contribution in [0.3, 0.4) is 0 Å². The molecule has 14 heavy (non-hydrogen) atoms. The van der Waals surface area contributed by atoms with Gasteiger partial charge < -0.3 is 5.32 Å². The summed E-state index contributed by atoms with van der Waals surface area (Å²) in [4.78, 5) is 15.4. The number of nitrogens with one attached hydrogen (secondary N) is 1. The Labute approximate surface area is 96.4 Å². The third-order valence-corrected chi connectivity index (χ3v) is 3.11. The maximum Gasteiger partial charge on any atom is 0.220 e. The van der Waals surface area contributed by atoms with Crippen LogP contribution in [0.15, 0.2) is 18.3 Å². The molecule has 1 aliphatic heterocycles. The van der Waals surface area contributed by atoms with E-state index in [1.165, 1.54) is 5.56 Å². The van der Waals surface area contributed by atoms with Crippen molar-refractivity contribution in [1.82, 2.24) is 10.3 Å². The fraction of sp³-hybridized carbons (Fsp3) is 0.400. The molecule has 1 saturated heterocycles. The van der Waals surface area contributed by atoms with E-state index in [1.54, 1.807) is 0 Å². The summed E-state index contributed by atoms with van der Waals surface area (Å²) in [5.74, 6) is 0.507. The minimum Gasteiger partial charge on any atom is -0.356 e. The third-order valence-electron chi connectivity index (χ3n) is 2.47. The smallest absolute Gasteiger partial charge is 0.220 e. The van der Waals surface area contributed by atoms with Gasteiger partial charge in [-0.05, 0) is 46.6 Å². The van der Waals surface area contributed by atoms with E-state index >= 15 is 0 Å². The summed E-state index contributed by atoms with van der Waals surface area (Å²) in [6, 6.07) is 4.06. The second kappa shape index (κ2) is 4.25. The lowest BCUT2D eigenvalue weighted by molar-refractivity contribution is -0.122. The molecule has 1 fully saturated rings. The van der Waals surface area contributed by atoms with Crippen molar-refractivity contribution < 1.29 is 4.79 Å². The number of aromatic nitrogens is 1. The number of hydrogen-bond donors (Lipinski definition) is 1. The van der Waals surface area contributed by atoms with Crippen LogP contribution in [0.2, 0.25) is 0 Å². The SMILES string of the molecule is O=C1CC(c2ccc(I)nc2)CCN1. The molecular weight excluding hydrogens is 291 g/mol. The number of nitrogens with zero attached hydrogens (tertiary/aromatic N) is 1. The lowest BCUT2D eigenvalue weighted by Crippen LogP contribution is -2.32. The first-order valence-electron chi connectivity index (χ1n) is 4.64. The molecule has 3 nitrogen and oxygen atoms in total. The summed E-state index contributed by atoms with van der Waals surface area (Å²) >= 11 is 2.18. The minimum atomic E-state index is 0.153. The summed E-state index contributed by atoms with van der Waals surface area (Å²) in [5.41, 5.74) is 1.18. The Kier molecular flexibility index (Phi) is 3.00. The zero-order valence-electron chi connectivity index (χ0n) is 7.66. The monoisotopic (exact) mass is 302 g/mol. The Morgan fingerprint density at radius 3 is 3.00 bits per heavy atom. The van der Waals surface area contributed by atoms with Crippen molar-refractivity contribution in [3.05, 3.63) is 27.6 Å². The van der Waals surface area contributed by atoms with Gasteiger partial charge in [0.25, 0.3) is 0 Å². The van der Waals surface area contributed by atoms with Crippen molar-refractivity contribution in [3.8, 4) is 0 Å². The molecule has 1 aliphatic rings. The molecule has 0 spiro atoms. The van der Waals surface area contributed by atoms with E-state index < -0.39 is 0 Å². The second-order valence-corrected chi connectivity index (χ2v) is 4.56. The first-order valence-corrected chi connectivity index (χ1v) is 5.72. The maximum absolute atomic E-state index is 11.2. The van der Waals surface area contributed by atoms with Gasteiger partial charge in [-0.15, -0.1) is 0 Å². The first-order chi connectivity index (χ1) is 6.75. The highest BCUT2D eigenvalue weighted by Gasteiger charge is 2.20. The summed E-state index contributed by atoms with van der Waals surface area (Å²) in [6.07, 6.45) is 3.50. The highest BCUT2D eigenvalue weighted by Crippen LogP contribution is 2.24. The van der Waals surface area contributed by atoms with Crippen LogP contribution >= 0.6 is 22.6 Å². The van der Waals surface area contributed by atoms with Crippen molar-refractivity contribution >= 4 is 28.5 Å². The summed E-state index contributed by atoms with van der Waals surface area (Å²) in [5, 5.41) is 2.83. The average Bonchev–Trinajstić information content (AvgIpc) is 2.19. The summed E-state index contributed by atoms with van der Waals surface area (Å²) in [6.45, 7) is 0.787. The summed E-state index contributed by atoms with van der Waals surface area (Å²) in [7, 11) is 0. The van der Waals surface area contributed by atoms with Crippen LogP contribution in [0, 0.1) is 3.70 Å². The van der Waals surface area contributed by atoms with Crippen LogP contribution in [0.4, 0.5) is 0 Å². The molecular formula is C10H11IN2O. The van der Waals surface area contributed by atoms with Gasteiger partial charge in [0.15, 0.2) is 0 Å². The molecule has 0 aromatic carbocycles. The van der Waals surface area contributed by atoms with Gasteiger partial charge in [0.1, 0.15) is 3.70 Å². The maximum atomic E-state index is 11.2. The Balaban J connectivity index is 2.14. The molecule has 2 heterocycles. The molecule has 2 rings (SSSR count). The molecule has 1 N–H and O–H groups in total. The van der Waals surface area contributed by atoms with Gasteiger partial charge in [-0.2, -0.15) is 0 Å². The lowest BCUT2D eigenvalue weighted by atomic mass is 9.91. The van der Waals surface area contributed by atoms with E-state index in [-0.39, 0.29) is 5.91 Å². The molecule has 0 aliphatic carbocycles. The van der Waals surface area contributed by atoms with Crippen LogP contribution in [0.1, 0.15) is 24.3 Å². The fourth-order valence-corrected chi connectivity index (χ4v) is 2.02. The van der Waals surface area contributed by atoms with E-state index in [0.29, 0.717) is 12.3 Å². The number of rotatable bonds is 1. The molecule has 0 radical (unpaired) electrons. The van der Waals surface area contributed by atoms with Gasteiger partial charge in [-0.3, -0.25) is 9.78 Å². The Hall–Kier alpha value is -0.650. The normalized spacial score (nSPS) is 21.8. The minimum absolute atomic E-state index is 0.153. The molecule has 0 bridgehead atoms. The van der Waals surface area contributed by atoms with E-state index in [0.717, 1.165) is 16.7 Å². The van der Waals surface area contributed by atoms with E-state index in [4.69, 9.17) is 0 Å². The average molecular weight is 302 g/mol. The predicted molar refractivity (Wildman–Crippen MR) is 61.9 cm³/mol. The lowest BCUT2D eigenvalue weighted by Gasteiger charge is -2.21. The number of carbonyl (C=O) groups excluding carboxylic acids is 1. The molecule has 0 saturated carbocycles. The van der Waals surface area contributed by atoms with Crippen LogP contribution < -0.4 is 5.32 Å². The van der Waals surface area contributed by atoms with Crippen molar-refractivity contribution in [2.24, 2.45) is 0 Å². The molecule has 1 aromatic rings. The topological polar surface area (TPSA) is 42.0 Å². The largest absolute Gasteiger partial charge is 0.356 e. The standard InChI is InChI=1S/C10H11IN2O/c11-9-2-1-8(6-13-9)7-3-4-12-10(14)5-7/h1-2,6-7H,3-5H2,(H,12,14). The number of amides is 1. The molecule has 74 valence electrons. The molecule has 1 amide bonds. The van der Waals surface area contributed by atoms with Crippen molar-refractivity contribution in [2.75, 3.05) is 6.54 Å². The third kappa shape index (κ3) is 2.23. The zero-order chi connectivity index (χ0) is 9.97. The van der Waals surface area contributed by atoms with Gasteiger partial charge >= 0.3 is 0 Å². The Morgan fingerprint density at radius 1 is 1.50 bits per heavy atom. The van der Waals surface area contributed by atoms with Gasteiger partial charge in [0.2, 0.25) is 5.91 Å². The Bertz CT molecular complexity index is 336. The highest BCUT2D eigenvalue weighted by molar-refractivity contribution is 14.1. The molecule has 1 aromatic heterocycles. The van der Waals surface area contributed by atoms with E-state index in [2.05, 4.69) is 39.0 Å². The van der Waals surface area contributed by atoms with E-state index in [1.807, 2.05) is 12.3 Å². The van der Waals surface area contributed by atoms with Crippen LogP contribution in [-0.4, -0.2) is 17.4 Å². The molecule has 1 unspecified atom stereocenters. The van der Waals surface area contributed by atoms with Crippen molar-refractivity contribution in [2.45, 2.75) is 18.8 Å². The summed E-state index contributed by atoms with van der Waals surface area (Å²) < 4.78 is 0.992. The van der Waals surface area contributed by atoms with Crippen molar-refractivity contribution in [3.63, 3.8) is 0 Å². The first kappa shape index (κ1) is 9.89. The Morgan fingerprint density at radius 2 is 2.36 bits per heavy atom. The van der Waals surface area contributed by atoms with Crippen LogP contribution in [0.5, 0.6) is 0 Å². The van der Waals surface area contributed by atoms with Gasteiger partial charge in [0.05, 0.1) is 0 Å². The number of piperidine rings is 1. The zero-order valence-corrected chi connectivity index (χ0v) is 9.82. The number of carbonyl (C=O) groups is 1. The predicted octanol–water partition coefficient (Wildman–Crippen LogP) is 1.68. The van der Waals surface area contributed by atoms with E-state index in [9.17, 15) is 4.79 Å². The number of pyridine rings is 1. The van der Waals surface area contributed by atoms with Gasteiger partial charge in [0, 0.05) is 19.2 Å².